The van der Waals surface area contributed by atoms with E-state index in [1.807, 2.05) is 0 Å². The number of halogens is 6. The average Bonchev–Trinajstić information content (AvgIpc) is 2.82. The van der Waals surface area contributed by atoms with Crippen molar-refractivity contribution in [1.29, 1.82) is 0 Å². The molecule has 0 saturated heterocycles. The molecule has 0 aromatic carbocycles. The fraction of sp³-hybridized carbons (Fsp3) is 0.846. The van der Waals surface area contributed by atoms with Gasteiger partial charge in [0, 0.05) is 0 Å². The van der Waals surface area contributed by atoms with E-state index in [1.165, 1.54) is 0 Å². The van der Waals surface area contributed by atoms with Crippen LogP contribution in [0.25, 0.3) is 0 Å². The summed E-state index contributed by atoms with van der Waals surface area (Å²) in [6.45, 7) is 2.30. The largest absolute Gasteiger partial charge is 0.430 e. The second-order valence-electron chi connectivity index (χ2n) is 6.30. The van der Waals surface area contributed by atoms with Crippen LogP contribution in [0, 0.1) is 11.8 Å². The molecule has 2 bridgehead atoms. The van der Waals surface area contributed by atoms with Crippen LogP contribution in [0.1, 0.15) is 33.1 Å². The Labute approximate surface area is 117 Å². The second-order valence-corrected chi connectivity index (χ2v) is 6.30. The molecule has 0 heterocycles. The van der Waals surface area contributed by atoms with Crippen molar-refractivity contribution in [1.82, 2.24) is 0 Å². The first-order valence-electron chi connectivity index (χ1n) is 6.54. The first-order valence-corrected chi connectivity index (χ1v) is 6.54. The Hall–Kier alpha value is -0.760. The van der Waals surface area contributed by atoms with E-state index in [2.05, 4.69) is 0 Å². The van der Waals surface area contributed by atoms with Crippen molar-refractivity contribution in [3.05, 3.63) is 11.1 Å². The molecule has 2 unspecified atom stereocenters. The van der Waals surface area contributed by atoms with E-state index in [4.69, 9.17) is 0 Å². The van der Waals surface area contributed by atoms with Gasteiger partial charge in [0.25, 0.3) is 5.60 Å². The molecule has 2 rings (SSSR count). The molecule has 21 heavy (non-hydrogen) atoms. The van der Waals surface area contributed by atoms with Crippen LogP contribution < -0.4 is 0 Å². The zero-order valence-corrected chi connectivity index (χ0v) is 11.4. The van der Waals surface area contributed by atoms with Gasteiger partial charge in [-0.15, -0.1) is 0 Å². The van der Waals surface area contributed by atoms with Crippen LogP contribution in [0.2, 0.25) is 0 Å². The fourth-order valence-electron chi connectivity index (χ4n) is 3.73. The summed E-state index contributed by atoms with van der Waals surface area (Å²) in [4.78, 5) is 0. The molecular weight excluding hydrogens is 302 g/mol. The number of hydrogen-bond acceptors (Lipinski definition) is 2. The summed E-state index contributed by atoms with van der Waals surface area (Å²) in [6.07, 6.45) is -11.1. The van der Waals surface area contributed by atoms with E-state index in [0.29, 0.717) is 6.42 Å². The molecule has 0 aromatic rings. The topological polar surface area (TPSA) is 40.5 Å². The van der Waals surface area contributed by atoms with E-state index < -0.39 is 41.0 Å². The van der Waals surface area contributed by atoms with Crippen molar-refractivity contribution in [3.8, 4) is 0 Å². The van der Waals surface area contributed by atoms with Crippen molar-refractivity contribution in [2.24, 2.45) is 11.8 Å². The molecule has 8 heteroatoms. The molecule has 0 aromatic heterocycles. The van der Waals surface area contributed by atoms with Crippen molar-refractivity contribution in [3.63, 3.8) is 0 Å². The third-order valence-corrected chi connectivity index (χ3v) is 4.41. The van der Waals surface area contributed by atoms with Gasteiger partial charge in [-0.05, 0) is 56.1 Å². The lowest BCUT2D eigenvalue weighted by Crippen LogP contribution is -2.60. The second kappa shape index (κ2) is 4.38. The van der Waals surface area contributed by atoms with E-state index in [1.54, 1.807) is 0 Å². The molecule has 0 aliphatic heterocycles. The first-order chi connectivity index (χ1) is 9.21. The molecule has 2 atom stereocenters. The van der Waals surface area contributed by atoms with Crippen LogP contribution in [-0.4, -0.2) is 33.8 Å². The fourth-order valence-corrected chi connectivity index (χ4v) is 3.73. The van der Waals surface area contributed by atoms with Crippen LogP contribution >= 0.6 is 0 Å². The predicted molar refractivity (Wildman–Crippen MR) is 61.2 cm³/mol. The van der Waals surface area contributed by atoms with Crippen LogP contribution in [-0.2, 0) is 0 Å². The summed E-state index contributed by atoms with van der Waals surface area (Å²) in [6, 6.07) is 0. The van der Waals surface area contributed by atoms with Crippen LogP contribution in [0.4, 0.5) is 26.3 Å². The summed E-state index contributed by atoms with van der Waals surface area (Å²) in [5.41, 5.74) is -8.13. The average molecular weight is 318 g/mol. The molecule has 2 aliphatic rings. The van der Waals surface area contributed by atoms with E-state index >= 15 is 0 Å². The molecule has 1 fully saturated rings. The SMILES string of the molecule is CC(C)(O)C1=C(C(O)(C(F)(F)F)C(F)(F)F)C2CCC1C2. The van der Waals surface area contributed by atoms with Crippen molar-refractivity contribution >= 4 is 0 Å². The molecule has 2 N–H and O–H groups in total. The molecule has 122 valence electrons. The normalized spacial score (nSPS) is 27.7. The highest BCUT2D eigenvalue weighted by Gasteiger charge is 2.75. The maximum Gasteiger partial charge on any atom is 0.430 e. The third kappa shape index (κ3) is 2.27. The van der Waals surface area contributed by atoms with Gasteiger partial charge in [-0.25, -0.2) is 0 Å². The molecule has 2 aliphatic carbocycles. The van der Waals surface area contributed by atoms with Crippen LogP contribution in [0.3, 0.4) is 0 Å². The Morgan fingerprint density at radius 1 is 0.810 bits per heavy atom. The standard InChI is InChI=1S/C13H16F6O2/c1-10(2,20)8-6-3-4-7(5-6)9(8)11(21,12(14,15)16)13(17,18)19/h6-7,20-21H,3-5H2,1-2H3. The molecule has 0 radical (unpaired) electrons. The van der Waals surface area contributed by atoms with Gasteiger partial charge in [-0.1, -0.05) is 0 Å². The Morgan fingerprint density at radius 2 is 1.19 bits per heavy atom. The number of fused-ring (bicyclic) bond motifs is 2. The van der Waals surface area contributed by atoms with E-state index in [9.17, 15) is 36.6 Å². The zero-order chi connectivity index (χ0) is 16.4. The lowest BCUT2D eigenvalue weighted by atomic mass is 9.75. The summed E-state index contributed by atoms with van der Waals surface area (Å²) in [5, 5.41) is 19.6. The number of hydrogen-bond donors (Lipinski definition) is 2. The van der Waals surface area contributed by atoms with Crippen LogP contribution in [0.5, 0.6) is 0 Å². The molecule has 0 spiro atoms. The molecule has 0 amide bonds. The Kier molecular flexibility index (Phi) is 3.46. The molecule has 1 saturated carbocycles. The molecular formula is C13H16F6O2. The van der Waals surface area contributed by atoms with Crippen molar-refractivity contribution in [2.75, 3.05) is 0 Å². The van der Waals surface area contributed by atoms with Crippen molar-refractivity contribution < 1.29 is 36.6 Å². The monoisotopic (exact) mass is 318 g/mol. The van der Waals surface area contributed by atoms with Gasteiger partial charge in [0.1, 0.15) is 0 Å². The molecule has 2 nitrogen and oxygen atoms in total. The Balaban J connectivity index is 2.72. The smallest absolute Gasteiger partial charge is 0.386 e. The highest BCUT2D eigenvalue weighted by molar-refractivity contribution is 5.42. The Morgan fingerprint density at radius 3 is 1.52 bits per heavy atom. The predicted octanol–water partition coefficient (Wildman–Crippen LogP) is 3.34. The minimum Gasteiger partial charge on any atom is -0.386 e. The number of rotatable bonds is 2. The minimum atomic E-state index is -5.89. The zero-order valence-electron chi connectivity index (χ0n) is 11.4. The third-order valence-electron chi connectivity index (χ3n) is 4.41. The number of aliphatic hydroxyl groups is 2. The van der Waals surface area contributed by atoms with Gasteiger partial charge in [-0.3, -0.25) is 0 Å². The van der Waals surface area contributed by atoms with E-state index in [-0.39, 0.29) is 18.4 Å². The van der Waals surface area contributed by atoms with Gasteiger partial charge in [0.15, 0.2) is 0 Å². The lowest BCUT2D eigenvalue weighted by molar-refractivity contribution is -0.354. The summed E-state index contributed by atoms with van der Waals surface area (Å²) in [5.74, 6) is -1.54. The summed E-state index contributed by atoms with van der Waals surface area (Å²) < 4.78 is 78.3. The first kappa shape index (κ1) is 16.6. The quantitative estimate of drug-likeness (QED) is 0.605. The van der Waals surface area contributed by atoms with Crippen LogP contribution in [0.15, 0.2) is 11.1 Å². The van der Waals surface area contributed by atoms with E-state index in [0.717, 1.165) is 13.8 Å². The van der Waals surface area contributed by atoms with Gasteiger partial charge in [0.05, 0.1) is 5.60 Å². The van der Waals surface area contributed by atoms with Crippen molar-refractivity contribution in [2.45, 2.75) is 56.7 Å². The van der Waals surface area contributed by atoms with Gasteiger partial charge in [-0.2, -0.15) is 26.3 Å². The summed E-state index contributed by atoms with van der Waals surface area (Å²) in [7, 11) is 0. The minimum absolute atomic E-state index is 0.114. The highest BCUT2D eigenvalue weighted by atomic mass is 19.4. The maximum absolute atomic E-state index is 13.1. The van der Waals surface area contributed by atoms with Gasteiger partial charge < -0.3 is 10.2 Å². The van der Waals surface area contributed by atoms with Gasteiger partial charge >= 0.3 is 12.4 Å². The lowest BCUT2D eigenvalue weighted by Gasteiger charge is -2.40. The Bertz CT molecular complexity index is 455. The van der Waals surface area contributed by atoms with Gasteiger partial charge in [0.2, 0.25) is 0 Å². The highest BCUT2D eigenvalue weighted by Crippen LogP contribution is 2.60. The summed E-state index contributed by atoms with van der Waals surface area (Å²) >= 11 is 0. The maximum atomic E-state index is 13.1. The number of alkyl halides is 6.